The highest BCUT2D eigenvalue weighted by atomic mass is 15.5. The summed E-state index contributed by atoms with van der Waals surface area (Å²) in [6, 6.07) is 0. The molecule has 0 unspecified atom stereocenters. The summed E-state index contributed by atoms with van der Waals surface area (Å²) in [6.45, 7) is 5.72. The molecule has 0 spiro atoms. The van der Waals surface area contributed by atoms with Crippen LogP contribution in [0, 0.1) is 0 Å². The van der Waals surface area contributed by atoms with Crippen molar-refractivity contribution in [3.63, 3.8) is 0 Å². The first-order valence-electron chi connectivity index (χ1n) is 3.42. The van der Waals surface area contributed by atoms with Crippen molar-refractivity contribution in [1.29, 1.82) is 0 Å². The normalized spacial score (nSPS) is 23.6. The number of hydrogen-bond donors (Lipinski definition) is 1. The molecule has 1 fully saturated rings. The van der Waals surface area contributed by atoms with Crippen molar-refractivity contribution in [2.45, 2.75) is 19.8 Å². The molecule has 48 valence electrons. The first-order valence-corrected chi connectivity index (χ1v) is 3.42. The minimum Gasteiger partial charge on any atom is -0.255 e. The quantitative estimate of drug-likeness (QED) is 0.537. The Morgan fingerprint density at radius 2 is 2.38 bits per heavy atom. The largest absolute Gasteiger partial charge is 0.255 e. The van der Waals surface area contributed by atoms with Crippen LogP contribution in [0.3, 0.4) is 0 Å². The molecule has 8 heavy (non-hydrogen) atoms. The van der Waals surface area contributed by atoms with E-state index in [0.29, 0.717) is 0 Å². The minimum atomic E-state index is 1.14. The summed E-state index contributed by atoms with van der Waals surface area (Å²) in [5.74, 6) is 0. The molecule has 2 heteroatoms. The Morgan fingerprint density at radius 3 is 2.75 bits per heavy atom. The van der Waals surface area contributed by atoms with E-state index in [4.69, 9.17) is 0 Å². The molecule has 0 atom stereocenters. The summed E-state index contributed by atoms with van der Waals surface area (Å²) >= 11 is 0. The average Bonchev–Trinajstić information content (AvgIpc) is 1.90. The summed E-state index contributed by atoms with van der Waals surface area (Å²) in [4.78, 5) is 0. The Bertz CT molecular complexity index is 57.5. The molecule has 1 heterocycles. The van der Waals surface area contributed by atoms with Crippen LogP contribution in [0.4, 0.5) is 0 Å². The van der Waals surface area contributed by atoms with Gasteiger partial charge in [-0.25, -0.2) is 5.01 Å². The molecule has 0 radical (unpaired) electrons. The molecular formula is C6H14N2. The Balaban J connectivity index is 2.13. The third-order valence-electron chi connectivity index (χ3n) is 1.57. The number of hydrogen-bond acceptors (Lipinski definition) is 2. The van der Waals surface area contributed by atoms with Crippen molar-refractivity contribution in [3.8, 4) is 0 Å². The Hall–Kier alpha value is -0.0800. The fraction of sp³-hybridized carbons (Fsp3) is 1.00. The van der Waals surface area contributed by atoms with Gasteiger partial charge in [0.05, 0.1) is 0 Å². The lowest BCUT2D eigenvalue weighted by atomic mass is 10.3. The van der Waals surface area contributed by atoms with E-state index in [9.17, 15) is 0 Å². The number of nitrogens with one attached hydrogen (secondary N) is 1. The SMILES string of the molecule is CCN1CCCCN1. The molecule has 0 aromatic carbocycles. The lowest BCUT2D eigenvalue weighted by Gasteiger charge is -2.25. The van der Waals surface area contributed by atoms with Crippen molar-refractivity contribution >= 4 is 0 Å². The van der Waals surface area contributed by atoms with Crippen LogP contribution in [0.25, 0.3) is 0 Å². The van der Waals surface area contributed by atoms with E-state index in [2.05, 4.69) is 17.4 Å². The standard InChI is InChI=1S/C6H14N2/c1-2-8-6-4-3-5-7-8/h7H,2-6H2,1H3. The summed E-state index contributed by atoms with van der Waals surface area (Å²) in [5.41, 5.74) is 3.30. The van der Waals surface area contributed by atoms with Gasteiger partial charge in [-0.3, -0.25) is 5.43 Å². The zero-order chi connectivity index (χ0) is 5.82. The zero-order valence-corrected chi connectivity index (χ0v) is 5.48. The van der Waals surface area contributed by atoms with Gasteiger partial charge in [0.15, 0.2) is 0 Å². The lowest BCUT2D eigenvalue weighted by molar-refractivity contribution is 0.162. The highest BCUT2D eigenvalue weighted by molar-refractivity contribution is 4.57. The molecule has 1 saturated heterocycles. The van der Waals surface area contributed by atoms with Crippen LogP contribution in [0.15, 0.2) is 0 Å². The highest BCUT2D eigenvalue weighted by Gasteiger charge is 2.04. The predicted octanol–water partition coefficient (Wildman–Crippen LogP) is 0.607. The lowest BCUT2D eigenvalue weighted by Crippen LogP contribution is -2.42. The van der Waals surface area contributed by atoms with Gasteiger partial charge in [0.25, 0.3) is 0 Å². The molecule has 0 aliphatic carbocycles. The third-order valence-corrected chi connectivity index (χ3v) is 1.57. The van der Waals surface area contributed by atoms with E-state index in [1.807, 2.05) is 0 Å². The Morgan fingerprint density at radius 1 is 1.50 bits per heavy atom. The molecule has 0 aromatic heterocycles. The van der Waals surface area contributed by atoms with Gasteiger partial charge in [-0.05, 0) is 12.8 Å². The van der Waals surface area contributed by atoms with E-state index < -0.39 is 0 Å². The Labute approximate surface area is 50.8 Å². The summed E-state index contributed by atoms with van der Waals surface area (Å²) in [7, 11) is 0. The van der Waals surface area contributed by atoms with Crippen LogP contribution in [0.5, 0.6) is 0 Å². The van der Waals surface area contributed by atoms with Gasteiger partial charge >= 0.3 is 0 Å². The van der Waals surface area contributed by atoms with Gasteiger partial charge in [0.1, 0.15) is 0 Å². The second kappa shape index (κ2) is 3.05. The van der Waals surface area contributed by atoms with Crippen LogP contribution < -0.4 is 5.43 Å². The van der Waals surface area contributed by atoms with Crippen LogP contribution in [0.2, 0.25) is 0 Å². The van der Waals surface area contributed by atoms with Crippen molar-refractivity contribution < 1.29 is 0 Å². The molecule has 2 nitrogen and oxygen atoms in total. The first kappa shape index (κ1) is 6.05. The maximum atomic E-state index is 3.30. The second-order valence-electron chi connectivity index (χ2n) is 2.19. The molecule has 1 N–H and O–H groups in total. The number of nitrogens with zero attached hydrogens (tertiary/aromatic N) is 1. The van der Waals surface area contributed by atoms with Gasteiger partial charge in [0, 0.05) is 19.6 Å². The van der Waals surface area contributed by atoms with Crippen LogP contribution in [-0.4, -0.2) is 24.6 Å². The van der Waals surface area contributed by atoms with Crippen LogP contribution in [0.1, 0.15) is 19.8 Å². The molecule has 0 amide bonds. The number of hydrazine groups is 1. The van der Waals surface area contributed by atoms with Crippen molar-refractivity contribution in [2.75, 3.05) is 19.6 Å². The van der Waals surface area contributed by atoms with Gasteiger partial charge in [-0.2, -0.15) is 0 Å². The maximum Gasteiger partial charge on any atom is 0.0131 e. The smallest absolute Gasteiger partial charge is 0.0131 e. The molecule has 1 rings (SSSR count). The highest BCUT2D eigenvalue weighted by Crippen LogP contribution is 1.96. The van der Waals surface area contributed by atoms with E-state index in [-0.39, 0.29) is 0 Å². The fourth-order valence-electron chi connectivity index (χ4n) is 1.01. The van der Waals surface area contributed by atoms with E-state index in [1.54, 1.807) is 0 Å². The molecule has 0 saturated carbocycles. The minimum absolute atomic E-state index is 1.14. The monoisotopic (exact) mass is 114 g/mol. The molecule has 1 aliphatic rings. The van der Waals surface area contributed by atoms with Crippen LogP contribution >= 0.6 is 0 Å². The summed E-state index contributed by atoms with van der Waals surface area (Å²) in [6.07, 6.45) is 2.71. The van der Waals surface area contributed by atoms with E-state index >= 15 is 0 Å². The van der Waals surface area contributed by atoms with Gasteiger partial charge < -0.3 is 0 Å². The summed E-state index contributed by atoms with van der Waals surface area (Å²) < 4.78 is 0. The molecule has 0 bridgehead atoms. The van der Waals surface area contributed by atoms with Crippen molar-refractivity contribution in [3.05, 3.63) is 0 Å². The molecule has 0 aromatic rings. The second-order valence-corrected chi connectivity index (χ2v) is 2.19. The number of rotatable bonds is 1. The summed E-state index contributed by atoms with van der Waals surface area (Å²) in [5, 5.41) is 2.27. The Kier molecular flexibility index (Phi) is 2.30. The van der Waals surface area contributed by atoms with Gasteiger partial charge in [-0.15, -0.1) is 0 Å². The average molecular weight is 114 g/mol. The third kappa shape index (κ3) is 1.46. The predicted molar refractivity (Wildman–Crippen MR) is 34.5 cm³/mol. The van der Waals surface area contributed by atoms with Gasteiger partial charge in [0.2, 0.25) is 0 Å². The van der Waals surface area contributed by atoms with Crippen LogP contribution in [-0.2, 0) is 0 Å². The zero-order valence-electron chi connectivity index (χ0n) is 5.48. The van der Waals surface area contributed by atoms with E-state index in [0.717, 1.165) is 6.54 Å². The molecular weight excluding hydrogens is 100 g/mol. The van der Waals surface area contributed by atoms with Crippen molar-refractivity contribution in [1.82, 2.24) is 10.4 Å². The maximum absolute atomic E-state index is 3.30. The van der Waals surface area contributed by atoms with Gasteiger partial charge in [-0.1, -0.05) is 6.92 Å². The molecule has 1 aliphatic heterocycles. The fourth-order valence-corrected chi connectivity index (χ4v) is 1.01. The topological polar surface area (TPSA) is 15.3 Å². The van der Waals surface area contributed by atoms with E-state index in [1.165, 1.54) is 25.9 Å². The first-order chi connectivity index (χ1) is 3.93. The van der Waals surface area contributed by atoms with Crippen molar-refractivity contribution in [2.24, 2.45) is 0 Å².